The number of hydrogen-bond acceptors (Lipinski definition) is 4. The number of benzene rings is 1. The van der Waals surface area contributed by atoms with Gasteiger partial charge in [-0.05, 0) is 24.5 Å². The number of pyridine rings is 1. The summed E-state index contributed by atoms with van der Waals surface area (Å²) in [5.74, 6) is 0.569. The van der Waals surface area contributed by atoms with E-state index in [1.54, 1.807) is 19.4 Å². The van der Waals surface area contributed by atoms with Gasteiger partial charge >= 0.3 is 0 Å². The fraction of sp³-hybridized carbons (Fsp3) is 0.400. The summed E-state index contributed by atoms with van der Waals surface area (Å²) in [6, 6.07) is 13.7. The van der Waals surface area contributed by atoms with Gasteiger partial charge in [-0.3, -0.25) is 4.79 Å². The van der Waals surface area contributed by atoms with Crippen molar-refractivity contribution in [2.75, 3.05) is 25.6 Å². The van der Waals surface area contributed by atoms with Crippen LogP contribution in [0.15, 0.2) is 48.7 Å². The van der Waals surface area contributed by atoms with E-state index in [0.717, 1.165) is 31.2 Å². The number of amides is 1. The van der Waals surface area contributed by atoms with Gasteiger partial charge in [0.25, 0.3) is 0 Å². The Morgan fingerprint density at radius 3 is 2.52 bits per heavy atom. The minimum absolute atomic E-state index is 0.0473. The van der Waals surface area contributed by atoms with E-state index in [1.165, 1.54) is 0 Å². The summed E-state index contributed by atoms with van der Waals surface area (Å²) in [5, 5.41) is 3.04. The molecule has 0 unspecified atom stereocenters. The molecule has 2 aromatic rings. The van der Waals surface area contributed by atoms with Gasteiger partial charge in [-0.25, -0.2) is 4.98 Å². The third-order valence-electron chi connectivity index (χ3n) is 4.75. The number of hydrogen-bond donors (Lipinski definition) is 1. The van der Waals surface area contributed by atoms with Crippen LogP contribution in [-0.4, -0.2) is 31.2 Å². The third-order valence-corrected chi connectivity index (χ3v) is 4.75. The zero-order valence-electron chi connectivity index (χ0n) is 14.5. The second kappa shape index (κ2) is 8.12. The van der Waals surface area contributed by atoms with Gasteiger partial charge < -0.3 is 14.8 Å². The summed E-state index contributed by atoms with van der Waals surface area (Å²) in [6.07, 6.45) is 5.55. The molecule has 132 valence electrons. The van der Waals surface area contributed by atoms with Crippen molar-refractivity contribution in [1.29, 1.82) is 0 Å². The van der Waals surface area contributed by atoms with Crippen LogP contribution in [0.5, 0.6) is 5.88 Å². The molecule has 0 aliphatic heterocycles. The van der Waals surface area contributed by atoms with Crippen LogP contribution in [0.1, 0.15) is 31.2 Å². The average molecular weight is 340 g/mol. The zero-order chi connectivity index (χ0) is 17.5. The van der Waals surface area contributed by atoms with Gasteiger partial charge in [-0.1, -0.05) is 43.2 Å². The van der Waals surface area contributed by atoms with E-state index in [0.29, 0.717) is 24.8 Å². The number of carbonyl (C=O) groups is 1. The van der Waals surface area contributed by atoms with Crippen molar-refractivity contribution in [2.24, 2.45) is 0 Å². The molecule has 5 heteroatoms. The molecule has 1 aliphatic rings. The molecule has 0 atom stereocenters. The average Bonchev–Trinajstić information content (AvgIpc) is 3.15. The Morgan fingerprint density at radius 1 is 1.12 bits per heavy atom. The molecule has 1 aromatic carbocycles. The Labute approximate surface area is 148 Å². The van der Waals surface area contributed by atoms with Gasteiger partial charge in [0.2, 0.25) is 11.8 Å². The quantitative estimate of drug-likeness (QED) is 0.783. The van der Waals surface area contributed by atoms with E-state index in [2.05, 4.69) is 22.4 Å². The molecule has 0 radical (unpaired) electrons. The van der Waals surface area contributed by atoms with Crippen molar-refractivity contribution in [3.63, 3.8) is 0 Å². The second-order valence-corrected chi connectivity index (χ2v) is 6.34. The molecular formula is C20H24N2O3. The smallest absolute Gasteiger partial charge is 0.235 e. The first-order valence-electron chi connectivity index (χ1n) is 8.69. The van der Waals surface area contributed by atoms with E-state index < -0.39 is 5.41 Å². The summed E-state index contributed by atoms with van der Waals surface area (Å²) >= 11 is 0. The van der Waals surface area contributed by atoms with E-state index in [-0.39, 0.29) is 5.91 Å². The topological polar surface area (TPSA) is 60.5 Å². The first kappa shape index (κ1) is 17.4. The highest BCUT2D eigenvalue weighted by Gasteiger charge is 2.42. The molecule has 0 spiro atoms. The van der Waals surface area contributed by atoms with E-state index in [1.807, 2.05) is 24.3 Å². The zero-order valence-corrected chi connectivity index (χ0v) is 14.5. The highest BCUT2D eigenvalue weighted by atomic mass is 16.5. The Bertz CT molecular complexity index is 680. The predicted octanol–water partition coefficient (Wildman–Crippen LogP) is 3.56. The Balaban J connectivity index is 1.70. The maximum absolute atomic E-state index is 13.0. The molecule has 1 heterocycles. The number of ether oxygens (including phenoxy) is 2. The van der Waals surface area contributed by atoms with Crippen LogP contribution in [-0.2, 0) is 14.9 Å². The van der Waals surface area contributed by atoms with Crippen LogP contribution < -0.4 is 10.1 Å². The first-order valence-corrected chi connectivity index (χ1v) is 8.69. The van der Waals surface area contributed by atoms with E-state index >= 15 is 0 Å². The minimum Gasteiger partial charge on any atom is -0.475 e. The summed E-state index contributed by atoms with van der Waals surface area (Å²) < 4.78 is 10.4. The molecule has 1 aromatic heterocycles. The Kier molecular flexibility index (Phi) is 5.66. The molecule has 3 rings (SSSR count). The van der Waals surface area contributed by atoms with Gasteiger partial charge in [0.1, 0.15) is 6.61 Å². The molecule has 0 saturated heterocycles. The van der Waals surface area contributed by atoms with Crippen molar-refractivity contribution in [3.8, 4) is 5.88 Å². The number of nitrogens with zero attached hydrogens (tertiary/aromatic N) is 1. The maximum Gasteiger partial charge on any atom is 0.235 e. The number of rotatable bonds is 7. The van der Waals surface area contributed by atoms with Crippen molar-refractivity contribution >= 4 is 11.6 Å². The molecule has 1 aliphatic carbocycles. The molecule has 0 bridgehead atoms. The number of methoxy groups -OCH3 is 1. The van der Waals surface area contributed by atoms with Gasteiger partial charge in [-0.2, -0.15) is 0 Å². The first-order chi connectivity index (χ1) is 12.2. The molecule has 1 N–H and O–H groups in total. The number of aromatic nitrogens is 1. The normalized spacial score (nSPS) is 15.7. The number of carbonyl (C=O) groups excluding carboxylic acids is 1. The maximum atomic E-state index is 13.0. The molecular weight excluding hydrogens is 316 g/mol. The van der Waals surface area contributed by atoms with Gasteiger partial charge in [-0.15, -0.1) is 0 Å². The molecule has 25 heavy (non-hydrogen) atoms. The van der Waals surface area contributed by atoms with Crippen LogP contribution in [0.3, 0.4) is 0 Å². The summed E-state index contributed by atoms with van der Waals surface area (Å²) in [4.78, 5) is 17.3. The fourth-order valence-corrected chi connectivity index (χ4v) is 3.40. The molecule has 5 nitrogen and oxygen atoms in total. The van der Waals surface area contributed by atoms with Gasteiger partial charge in [0, 0.05) is 13.2 Å². The van der Waals surface area contributed by atoms with Crippen LogP contribution >= 0.6 is 0 Å². The lowest BCUT2D eigenvalue weighted by Crippen LogP contribution is -2.37. The predicted molar refractivity (Wildman–Crippen MR) is 96.8 cm³/mol. The standard InChI is InChI=1S/C20H24N2O3/c1-24-13-14-25-18-10-9-17(15-21-18)22-19(23)20(11-5-6-12-20)16-7-3-2-4-8-16/h2-4,7-10,15H,5-6,11-14H2,1H3,(H,22,23). The van der Waals surface area contributed by atoms with E-state index in [9.17, 15) is 4.79 Å². The lowest BCUT2D eigenvalue weighted by molar-refractivity contribution is -0.121. The van der Waals surface area contributed by atoms with Crippen molar-refractivity contribution < 1.29 is 14.3 Å². The molecule has 1 amide bonds. The lowest BCUT2D eigenvalue weighted by Gasteiger charge is -2.28. The number of anilines is 1. The minimum atomic E-state index is -0.436. The lowest BCUT2D eigenvalue weighted by atomic mass is 9.78. The van der Waals surface area contributed by atoms with Crippen LogP contribution in [0.4, 0.5) is 5.69 Å². The number of nitrogens with one attached hydrogen (secondary N) is 1. The van der Waals surface area contributed by atoms with Crippen LogP contribution in [0.25, 0.3) is 0 Å². The van der Waals surface area contributed by atoms with Gasteiger partial charge in [0.05, 0.1) is 23.9 Å². The van der Waals surface area contributed by atoms with Gasteiger partial charge in [0.15, 0.2) is 0 Å². The van der Waals surface area contributed by atoms with E-state index in [4.69, 9.17) is 9.47 Å². The fourth-order valence-electron chi connectivity index (χ4n) is 3.40. The Morgan fingerprint density at radius 2 is 1.88 bits per heavy atom. The second-order valence-electron chi connectivity index (χ2n) is 6.34. The molecule has 1 fully saturated rings. The highest BCUT2D eigenvalue weighted by Crippen LogP contribution is 2.42. The van der Waals surface area contributed by atoms with Crippen LogP contribution in [0.2, 0.25) is 0 Å². The van der Waals surface area contributed by atoms with Crippen molar-refractivity contribution in [1.82, 2.24) is 4.98 Å². The summed E-state index contributed by atoms with van der Waals surface area (Å²) in [5.41, 5.74) is 1.35. The van der Waals surface area contributed by atoms with Crippen molar-refractivity contribution in [3.05, 3.63) is 54.2 Å². The largest absolute Gasteiger partial charge is 0.475 e. The highest BCUT2D eigenvalue weighted by molar-refractivity contribution is 5.99. The summed E-state index contributed by atoms with van der Waals surface area (Å²) in [7, 11) is 1.63. The van der Waals surface area contributed by atoms with Crippen LogP contribution in [0, 0.1) is 0 Å². The SMILES string of the molecule is COCCOc1ccc(NC(=O)C2(c3ccccc3)CCCC2)cn1. The Hall–Kier alpha value is -2.40. The molecule has 1 saturated carbocycles. The third kappa shape index (κ3) is 3.99. The van der Waals surface area contributed by atoms with Crippen molar-refractivity contribution in [2.45, 2.75) is 31.1 Å². The monoisotopic (exact) mass is 340 g/mol. The summed E-state index contributed by atoms with van der Waals surface area (Å²) in [6.45, 7) is 0.964.